The number of aromatic nitrogens is 2. The number of halogens is 1. The number of amides is 1. The quantitative estimate of drug-likeness (QED) is 0.944. The highest BCUT2D eigenvalue weighted by Gasteiger charge is 2.11. The van der Waals surface area contributed by atoms with Gasteiger partial charge in [0, 0.05) is 31.8 Å². The molecule has 1 N–H and O–H groups in total. The van der Waals surface area contributed by atoms with E-state index in [2.05, 4.69) is 26.2 Å². The molecule has 0 aliphatic carbocycles. The number of nitrogens with zero attached hydrogens (tertiary/aromatic N) is 3. The second-order valence-electron chi connectivity index (χ2n) is 4.41. The van der Waals surface area contributed by atoms with E-state index in [-0.39, 0.29) is 5.91 Å². The molecule has 2 rings (SSSR count). The summed E-state index contributed by atoms with van der Waals surface area (Å²) in [5, 5.41) is 2.82. The fourth-order valence-electron chi connectivity index (χ4n) is 1.67. The lowest BCUT2D eigenvalue weighted by molar-refractivity contribution is 0.101. The first kappa shape index (κ1) is 13.6. The Kier molecular flexibility index (Phi) is 3.90. The van der Waals surface area contributed by atoms with E-state index in [0.29, 0.717) is 11.4 Å². The Bertz CT molecular complexity index is 589. The lowest BCUT2D eigenvalue weighted by Gasteiger charge is -2.11. The third kappa shape index (κ3) is 3.14. The van der Waals surface area contributed by atoms with Gasteiger partial charge < -0.3 is 14.8 Å². The summed E-state index contributed by atoms with van der Waals surface area (Å²) >= 11 is 3.34. The Balaban J connectivity index is 2.13. The number of anilines is 2. The number of rotatable bonds is 3. The maximum Gasteiger partial charge on any atom is 0.272 e. The molecule has 0 aliphatic rings. The van der Waals surface area contributed by atoms with Gasteiger partial charge in [0.2, 0.25) is 0 Å². The van der Waals surface area contributed by atoms with E-state index in [1.54, 1.807) is 16.8 Å². The molecule has 0 saturated heterocycles. The minimum atomic E-state index is -0.160. The van der Waals surface area contributed by atoms with Gasteiger partial charge in [-0.2, -0.15) is 0 Å². The molecule has 1 amide bonds. The molecule has 6 heteroatoms. The Labute approximate surface area is 120 Å². The van der Waals surface area contributed by atoms with Gasteiger partial charge in [-0.05, 0) is 34.1 Å². The second-order valence-corrected chi connectivity index (χ2v) is 5.32. The molecule has 0 bridgehead atoms. The largest absolute Gasteiger partial charge is 0.363 e. The molecule has 0 aliphatic heterocycles. The van der Waals surface area contributed by atoms with E-state index in [9.17, 15) is 4.79 Å². The van der Waals surface area contributed by atoms with Crippen molar-refractivity contribution in [2.75, 3.05) is 24.3 Å². The first-order chi connectivity index (χ1) is 8.97. The monoisotopic (exact) mass is 322 g/mol. The molecule has 0 atom stereocenters. The maximum absolute atomic E-state index is 12.1. The fourth-order valence-corrected chi connectivity index (χ4v) is 2.19. The van der Waals surface area contributed by atoms with Crippen LogP contribution >= 0.6 is 15.9 Å². The van der Waals surface area contributed by atoms with Crippen LogP contribution in [0.25, 0.3) is 0 Å². The Morgan fingerprint density at radius 3 is 2.63 bits per heavy atom. The highest BCUT2D eigenvalue weighted by Crippen LogP contribution is 2.16. The van der Waals surface area contributed by atoms with Gasteiger partial charge in [0.25, 0.3) is 5.91 Å². The van der Waals surface area contributed by atoms with Gasteiger partial charge in [0.1, 0.15) is 11.5 Å². The summed E-state index contributed by atoms with van der Waals surface area (Å²) in [4.78, 5) is 18.2. The van der Waals surface area contributed by atoms with Crippen molar-refractivity contribution in [2.45, 2.75) is 0 Å². The van der Waals surface area contributed by atoms with Crippen LogP contribution in [0.15, 0.2) is 35.1 Å². The van der Waals surface area contributed by atoms with Crippen LogP contribution in [-0.2, 0) is 7.05 Å². The topological polar surface area (TPSA) is 50.2 Å². The third-order valence-corrected chi connectivity index (χ3v) is 3.10. The van der Waals surface area contributed by atoms with E-state index in [4.69, 9.17) is 0 Å². The number of hydrogen-bond donors (Lipinski definition) is 1. The van der Waals surface area contributed by atoms with Crippen molar-refractivity contribution in [1.29, 1.82) is 0 Å². The first-order valence-electron chi connectivity index (χ1n) is 5.74. The lowest BCUT2D eigenvalue weighted by atomic mass is 10.3. The summed E-state index contributed by atoms with van der Waals surface area (Å²) in [7, 11) is 5.66. The summed E-state index contributed by atoms with van der Waals surface area (Å²) in [6.45, 7) is 0. The van der Waals surface area contributed by atoms with Gasteiger partial charge in [0.05, 0.1) is 11.9 Å². The van der Waals surface area contributed by atoms with E-state index >= 15 is 0 Å². The number of hydrogen-bond acceptors (Lipinski definition) is 3. The highest BCUT2D eigenvalue weighted by atomic mass is 79.9. The number of carbonyl (C=O) groups is 1. The van der Waals surface area contributed by atoms with Gasteiger partial charge in [-0.15, -0.1) is 0 Å². The number of carbonyl (C=O) groups excluding carboxylic acids is 1. The van der Waals surface area contributed by atoms with Crippen LogP contribution < -0.4 is 10.2 Å². The van der Waals surface area contributed by atoms with Gasteiger partial charge in [0.15, 0.2) is 0 Å². The van der Waals surface area contributed by atoms with Crippen molar-refractivity contribution in [3.05, 3.63) is 40.8 Å². The fraction of sp³-hybridized carbons (Fsp3) is 0.231. The highest BCUT2D eigenvalue weighted by molar-refractivity contribution is 9.10. The molecular weight excluding hydrogens is 308 g/mol. The molecule has 0 fully saturated rings. The zero-order valence-corrected chi connectivity index (χ0v) is 12.6. The van der Waals surface area contributed by atoms with Crippen molar-refractivity contribution in [2.24, 2.45) is 7.05 Å². The van der Waals surface area contributed by atoms with E-state index < -0.39 is 0 Å². The summed E-state index contributed by atoms with van der Waals surface area (Å²) in [6.07, 6.45) is 3.48. The molecule has 2 aromatic heterocycles. The third-order valence-electron chi connectivity index (χ3n) is 2.67. The molecular formula is C13H15BrN4O. The van der Waals surface area contributed by atoms with Crippen LogP contribution in [0.5, 0.6) is 0 Å². The Morgan fingerprint density at radius 1 is 1.42 bits per heavy atom. The summed E-state index contributed by atoms with van der Waals surface area (Å²) in [5.41, 5.74) is 1.26. The average Bonchev–Trinajstić information content (AvgIpc) is 2.69. The average molecular weight is 323 g/mol. The molecule has 19 heavy (non-hydrogen) atoms. The van der Waals surface area contributed by atoms with Gasteiger partial charge >= 0.3 is 0 Å². The second kappa shape index (κ2) is 5.44. The minimum absolute atomic E-state index is 0.160. The maximum atomic E-state index is 12.1. The van der Waals surface area contributed by atoms with Crippen molar-refractivity contribution < 1.29 is 4.79 Å². The molecule has 0 spiro atoms. The molecule has 0 unspecified atom stereocenters. The predicted octanol–water partition coefficient (Wildman–Crippen LogP) is 2.50. The van der Waals surface area contributed by atoms with E-state index in [1.165, 1.54) is 0 Å². The molecule has 5 nitrogen and oxygen atoms in total. The van der Waals surface area contributed by atoms with Gasteiger partial charge in [-0.25, -0.2) is 4.98 Å². The Morgan fingerprint density at radius 2 is 2.16 bits per heavy atom. The van der Waals surface area contributed by atoms with Crippen LogP contribution in [0.4, 0.5) is 11.5 Å². The molecule has 2 heterocycles. The molecule has 0 radical (unpaired) electrons. The van der Waals surface area contributed by atoms with Crippen LogP contribution in [0.3, 0.4) is 0 Å². The van der Waals surface area contributed by atoms with Gasteiger partial charge in [-0.3, -0.25) is 4.79 Å². The number of pyridine rings is 1. The molecule has 0 saturated carbocycles. The molecule has 2 aromatic rings. The number of nitrogens with one attached hydrogen (secondary N) is 1. The van der Waals surface area contributed by atoms with Crippen LogP contribution in [-0.4, -0.2) is 29.6 Å². The van der Waals surface area contributed by atoms with Gasteiger partial charge in [-0.1, -0.05) is 0 Å². The van der Waals surface area contributed by atoms with Crippen LogP contribution in [0.1, 0.15) is 10.5 Å². The van der Waals surface area contributed by atoms with Crippen LogP contribution in [0, 0.1) is 0 Å². The minimum Gasteiger partial charge on any atom is -0.363 e. The zero-order valence-electron chi connectivity index (χ0n) is 11.0. The summed E-state index contributed by atoms with van der Waals surface area (Å²) in [6, 6.07) is 5.46. The smallest absolute Gasteiger partial charge is 0.272 e. The standard InChI is InChI=1S/C13H15BrN4O/c1-17(2)12-5-4-10(7-15-12)16-13(19)11-6-9(14)8-18(11)3/h4-8H,1-3H3,(H,16,19). The SMILES string of the molecule is CN(C)c1ccc(NC(=O)c2cc(Br)cn2C)cn1. The van der Waals surface area contributed by atoms with E-state index in [0.717, 1.165) is 10.3 Å². The van der Waals surface area contributed by atoms with Crippen molar-refractivity contribution >= 4 is 33.3 Å². The van der Waals surface area contributed by atoms with Crippen molar-refractivity contribution in [1.82, 2.24) is 9.55 Å². The van der Waals surface area contributed by atoms with E-state index in [1.807, 2.05) is 44.4 Å². The Hall–Kier alpha value is -1.82. The van der Waals surface area contributed by atoms with Crippen LogP contribution in [0.2, 0.25) is 0 Å². The zero-order chi connectivity index (χ0) is 14.0. The lowest BCUT2D eigenvalue weighted by Crippen LogP contribution is -2.16. The predicted molar refractivity (Wildman–Crippen MR) is 79.6 cm³/mol. The van der Waals surface area contributed by atoms with Crippen molar-refractivity contribution in [3.8, 4) is 0 Å². The molecule has 100 valence electrons. The normalized spacial score (nSPS) is 10.3. The molecule has 0 aromatic carbocycles. The summed E-state index contributed by atoms with van der Waals surface area (Å²) < 4.78 is 2.64. The summed E-state index contributed by atoms with van der Waals surface area (Å²) in [5.74, 6) is 0.687. The van der Waals surface area contributed by atoms with Crippen molar-refractivity contribution in [3.63, 3.8) is 0 Å². The number of aryl methyl sites for hydroxylation is 1. The first-order valence-corrected chi connectivity index (χ1v) is 6.53.